The van der Waals surface area contributed by atoms with Crippen molar-refractivity contribution in [3.8, 4) is 5.75 Å². The van der Waals surface area contributed by atoms with Gasteiger partial charge in [0.25, 0.3) is 11.1 Å². The van der Waals surface area contributed by atoms with Crippen molar-refractivity contribution < 1.29 is 14.3 Å². The van der Waals surface area contributed by atoms with Crippen molar-refractivity contribution >= 4 is 39.8 Å². The summed E-state index contributed by atoms with van der Waals surface area (Å²) < 4.78 is 5.50. The second-order valence-corrected chi connectivity index (χ2v) is 7.65. The summed E-state index contributed by atoms with van der Waals surface area (Å²) in [5, 5.41) is 1.77. The molecule has 4 nitrogen and oxygen atoms in total. The first-order chi connectivity index (χ1) is 13.6. The average Bonchev–Trinajstić information content (AvgIpc) is 2.97. The van der Waals surface area contributed by atoms with Gasteiger partial charge in [-0.25, -0.2) is 0 Å². The minimum atomic E-state index is -0.273. The van der Waals surface area contributed by atoms with E-state index in [2.05, 4.69) is 0 Å². The lowest BCUT2D eigenvalue weighted by molar-refractivity contribution is -0.123. The molecule has 1 aliphatic heterocycles. The quantitative estimate of drug-likeness (QED) is 0.561. The highest BCUT2D eigenvalue weighted by atomic mass is 32.2. The van der Waals surface area contributed by atoms with Crippen LogP contribution in [-0.4, -0.2) is 23.2 Å². The van der Waals surface area contributed by atoms with Gasteiger partial charge in [-0.2, -0.15) is 0 Å². The summed E-state index contributed by atoms with van der Waals surface area (Å²) >= 11 is 0.970. The number of carbonyl (C=O) groups is 2. The van der Waals surface area contributed by atoms with Crippen molar-refractivity contribution in [3.05, 3.63) is 82.3 Å². The highest BCUT2D eigenvalue weighted by Gasteiger charge is 2.35. The molecule has 3 aromatic rings. The van der Waals surface area contributed by atoms with Crippen LogP contribution in [0, 0.1) is 6.92 Å². The first-order valence-electron chi connectivity index (χ1n) is 8.93. The van der Waals surface area contributed by atoms with E-state index < -0.39 is 0 Å². The largest absolute Gasteiger partial charge is 0.496 e. The van der Waals surface area contributed by atoms with Gasteiger partial charge in [0.1, 0.15) is 5.75 Å². The smallest absolute Gasteiger partial charge is 0.293 e. The third kappa shape index (κ3) is 3.41. The number of hydrogen-bond donors (Lipinski definition) is 0. The molecule has 0 bridgehead atoms. The first-order valence-corrected chi connectivity index (χ1v) is 9.75. The summed E-state index contributed by atoms with van der Waals surface area (Å²) in [5.41, 5.74) is 2.87. The molecule has 3 aromatic carbocycles. The zero-order valence-electron chi connectivity index (χ0n) is 15.6. The maximum absolute atomic E-state index is 12.9. The summed E-state index contributed by atoms with van der Waals surface area (Å²) in [6, 6.07) is 19.6. The second kappa shape index (κ2) is 7.52. The molecule has 1 aliphatic rings. The lowest BCUT2D eigenvalue weighted by Gasteiger charge is -2.13. The molecule has 4 rings (SSSR count). The molecular weight excluding hydrogens is 370 g/mol. The molecule has 0 N–H and O–H groups in total. The average molecular weight is 389 g/mol. The molecule has 0 aromatic heterocycles. The Kier molecular flexibility index (Phi) is 4.92. The van der Waals surface area contributed by atoms with Gasteiger partial charge in [0.2, 0.25) is 0 Å². The summed E-state index contributed by atoms with van der Waals surface area (Å²) in [7, 11) is 1.60. The van der Waals surface area contributed by atoms with E-state index in [1.165, 1.54) is 4.90 Å². The van der Waals surface area contributed by atoms with Crippen LogP contribution in [0.25, 0.3) is 16.8 Å². The van der Waals surface area contributed by atoms with Crippen LogP contribution in [0.5, 0.6) is 5.75 Å². The van der Waals surface area contributed by atoms with Crippen LogP contribution in [0.3, 0.4) is 0 Å². The van der Waals surface area contributed by atoms with E-state index in [9.17, 15) is 9.59 Å². The molecule has 0 saturated carbocycles. The Labute approximate surface area is 167 Å². The number of ether oxygens (including phenoxy) is 1. The zero-order valence-corrected chi connectivity index (χ0v) is 16.5. The lowest BCUT2D eigenvalue weighted by Crippen LogP contribution is -2.27. The summed E-state index contributed by atoms with van der Waals surface area (Å²) in [6.45, 7) is 2.28. The second-order valence-electron chi connectivity index (χ2n) is 6.66. The van der Waals surface area contributed by atoms with E-state index in [4.69, 9.17) is 4.74 Å². The zero-order chi connectivity index (χ0) is 19.7. The topological polar surface area (TPSA) is 46.6 Å². The van der Waals surface area contributed by atoms with Crippen LogP contribution in [0.4, 0.5) is 4.79 Å². The minimum absolute atomic E-state index is 0.254. The molecule has 0 atom stereocenters. The van der Waals surface area contributed by atoms with Crippen LogP contribution in [0.1, 0.15) is 16.7 Å². The third-order valence-electron chi connectivity index (χ3n) is 4.76. The molecule has 2 amide bonds. The van der Waals surface area contributed by atoms with Crippen LogP contribution >= 0.6 is 11.8 Å². The number of aryl methyl sites for hydroxylation is 1. The van der Waals surface area contributed by atoms with Crippen molar-refractivity contribution in [3.63, 3.8) is 0 Å². The predicted molar refractivity (Wildman–Crippen MR) is 113 cm³/mol. The Morgan fingerprint density at radius 1 is 1.00 bits per heavy atom. The van der Waals surface area contributed by atoms with Crippen LogP contribution < -0.4 is 4.74 Å². The number of carbonyl (C=O) groups excluding carboxylic acids is 2. The molecule has 0 unspecified atom stereocenters. The number of imide groups is 1. The van der Waals surface area contributed by atoms with Gasteiger partial charge in [0.15, 0.2) is 0 Å². The Morgan fingerprint density at radius 2 is 1.75 bits per heavy atom. The number of fused-ring (bicyclic) bond motifs is 1. The molecule has 0 aliphatic carbocycles. The van der Waals surface area contributed by atoms with E-state index in [0.717, 1.165) is 39.2 Å². The number of methoxy groups -OCH3 is 1. The SMILES string of the molecule is COc1ccc2ccccc2c1/C=C1/SC(=O)N(Cc2ccc(C)cc2)C1=O. The van der Waals surface area contributed by atoms with Crippen LogP contribution in [0.15, 0.2) is 65.6 Å². The van der Waals surface area contributed by atoms with Gasteiger partial charge >= 0.3 is 0 Å². The Bertz CT molecular complexity index is 1100. The number of amides is 2. The molecule has 0 radical (unpaired) electrons. The predicted octanol–water partition coefficient (Wildman–Crippen LogP) is 5.39. The number of rotatable bonds is 4. The van der Waals surface area contributed by atoms with Crippen molar-refractivity contribution in [2.75, 3.05) is 7.11 Å². The standard InChI is InChI=1S/C23H19NO3S/c1-15-7-9-16(10-8-15)14-24-22(25)21(28-23(24)26)13-19-18-6-4-3-5-17(18)11-12-20(19)27-2/h3-13H,14H2,1-2H3/b21-13+. The molecule has 140 valence electrons. The van der Waals surface area contributed by atoms with Gasteiger partial charge < -0.3 is 4.74 Å². The molecule has 28 heavy (non-hydrogen) atoms. The van der Waals surface area contributed by atoms with E-state index >= 15 is 0 Å². The molecule has 0 spiro atoms. The van der Waals surface area contributed by atoms with Gasteiger partial charge in [-0.1, -0.05) is 60.2 Å². The molecule has 1 fully saturated rings. The van der Waals surface area contributed by atoms with Gasteiger partial charge in [-0.05, 0) is 47.2 Å². The summed E-state index contributed by atoms with van der Waals surface area (Å²) in [4.78, 5) is 27.1. The lowest BCUT2D eigenvalue weighted by atomic mass is 10.0. The van der Waals surface area contributed by atoms with Gasteiger partial charge in [0, 0.05) is 5.56 Å². The highest BCUT2D eigenvalue weighted by Crippen LogP contribution is 2.37. The third-order valence-corrected chi connectivity index (χ3v) is 5.67. The van der Waals surface area contributed by atoms with Crippen molar-refractivity contribution in [2.24, 2.45) is 0 Å². The molecule has 1 saturated heterocycles. The van der Waals surface area contributed by atoms with Gasteiger partial charge in [0.05, 0.1) is 18.6 Å². The fraction of sp³-hybridized carbons (Fsp3) is 0.130. The Hall–Kier alpha value is -3.05. The highest BCUT2D eigenvalue weighted by molar-refractivity contribution is 8.18. The van der Waals surface area contributed by atoms with E-state index in [1.807, 2.05) is 67.6 Å². The van der Waals surface area contributed by atoms with Gasteiger partial charge in [-0.3, -0.25) is 14.5 Å². The van der Waals surface area contributed by atoms with Crippen LogP contribution in [-0.2, 0) is 11.3 Å². The number of hydrogen-bond acceptors (Lipinski definition) is 4. The summed E-state index contributed by atoms with van der Waals surface area (Å²) in [5.74, 6) is 0.398. The van der Waals surface area contributed by atoms with E-state index in [1.54, 1.807) is 13.2 Å². The van der Waals surface area contributed by atoms with Crippen molar-refractivity contribution in [1.29, 1.82) is 0 Å². The normalized spacial score (nSPS) is 15.6. The molecular formula is C23H19NO3S. The first kappa shape index (κ1) is 18.3. The molecule has 1 heterocycles. The van der Waals surface area contributed by atoms with Crippen molar-refractivity contribution in [2.45, 2.75) is 13.5 Å². The maximum Gasteiger partial charge on any atom is 0.293 e. The van der Waals surface area contributed by atoms with E-state index in [0.29, 0.717) is 10.7 Å². The Morgan fingerprint density at radius 3 is 2.50 bits per heavy atom. The Balaban J connectivity index is 1.70. The monoisotopic (exact) mass is 389 g/mol. The minimum Gasteiger partial charge on any atom is -0.496 e. The van der Waals surface area contributed by atoms with Gasteiger partial charge in [-0.15, -0.1) is 0 Å². The van der Waals surface area contributed by atoms with Crippen molar-refractivity contribution in [1.82, 2.24) is 4.90 Å². The fourth-order valence-corrected chi connectivity index (χ4v) is 4.07. The fourth-order valence-electron chi connectivity index (χ4n) is 3.25. The number of thioether (sulfide) groups is 1. The number of benzene rings is 3. The number of nitrogens with zero attached hydrogens (tertiary/aromatic N) is 1. The van der Waals surface area contributed by atoms with E-state index in [-0.39, 0.29) is 17.7 Å². The van der Waals surface area contributed by atoms with Crippen LogP contribution in [0.2, 0.25) is 0 Å². The maximum atomic E-state index is 12.9. The summed E-state index contributed by atoms with van der Waals surface area (Å²) in [6.07, 6.45) is 1.77. The molecule has 5 heteroatoms.